The van der Waals surface area contributed by atoms with Gasteiger partial charge in [-0.2, -0.15) is 0 Å². The van der Waals surface area contributed by atoms with E-state index in [1.54, 1.807) is 24.3 Å². The van der Waals surface area contributed by atoms with E-state index in [0.29, 0.717) is 11.4 Å². The van der Waals surface area contributed by atoms with Crippen LogP contribution in [0.5, 0.6) is 5.75 Å². The van der Waals surface area contributed by atoms with Crippen molar-refractivity contribution in [3.8, 4) is 5.75 Å². The number of ether oxygens (including phenoxy) is 1. The van der Waals surface area contributed by atoms with Gasteiger partial charge in [-0.3, -0.25) is 9.10 Å². The minimum Gasteiger partial charge on any atom is -0.491 e. The van der Waals surface area contributed by atoms with Gasteiger partial charge in [-0.05, 0) is 70.0 Å². The molecular formula is C22H30N2O4S. The van der Waals surface area contributed by atoms with Crippen LogP contribution in [0, 0.1) is 13.8 Å². The Balaban J connectivity index is 2.14. The number of hydrogen-bond donors (Lipinski definition) is 1. The van der Waals surface area contributed by atoms with Crippen molar-refractivity contribution in [3.63, 3.8) is 0 Å². The van der Waals surface area contributed by atoms with Gasteiger partial charge in [0, 0.05) is 0 Å². The Kier molecular flexibility index (Phi) is 7.30. The van der Waals surface area contributed by atoms with E-state index in [1.807, 2.05) is 46.8 Å². The van der Waals surface area contributed by atoms with Crippen molar-refractivity contribution in [1.29, 1.82) is 0 Å². The average molecular weight is 419 g/mol. The van der Waals surface area contributed by atoms with Gasteiger partial charge in [0.1, 0.15) is 12.3 Å². The monoisotopic (exact) mass is 418 g/mol. The van der Waals surface area contributed by atoms with Crippen LogP contribution >= 0.6 is 0 Å². The van der Waals surface area contributed by atoms with Crippen molar-refractivity contribution < 1.29 is 17.9 Å². The molecule has 29 heavy (non-hydrogen) atoms. The van der Waals surface area contributed by atoms with Gasteiger partial charge in [0.15, 0.2) is 0 Å². The molecule has 0 spiro atoms. The number of carbonyl (C=O) groups is 1. The Morgan fingerprint density at radius 2 is 1.69 bits per heavy atom. The first-order valence-electron chi connectivity index (χ1n) is 9.58. The maximum atomic E-state index is 12.6. The van der Waals surface area contributed by atoms with Crippen LogP contribution in [0.4, 0.5) is 5.69 Å². The largest absolute Gasteiger partial charge is 0.491 e. The van der Waals surface area contributed by atoms with Crippen LogP contribution < -0.4 is 14.4 Å². The molecule has 6 nitrogen and oxygen atoms in total. The second-order valence-corrected chi connectivity index (χ2v) is 9.49. The molecule has 0 aliphatic rings. The van der Waals surface area contributed by atoms with Gasteiger partial charge in [0.05, 0.1) is 24.1 Å². The number of benzene rings is 2. The molecule has 0 aliphatic carbocycles. The van der Waals surface area contributed by atoms with Gasteiger partial charge in [0.2, 0.25) is 15.9 Å². The fourth-order valence-electron chi connectivity index (χ4n) is 3.17. The molecule has 0 unspecified atom stereocenters. The summed E-state index contributed by atoms with van der Waals surface area (Å²) in [4.78, 5) is 12.6. The van der Waals surface area contributed by atoms with Crippen LogP contribution in [-0.4, -0.2) is 33.2 Å². The standard InChI is InChI=1S/C22H30N2O4S/c1-15(2)28-20-10-8-19(9-11-20)24(29(6,26)27)14-22(25)23-18(5)21-12-7-16(3)13-17(21)4/h7-13,15,18H,14H2,1-6H3,(H,23,25)/t18-/m1/s1. The van der Waals surface area contributed by atoms with Gasteiger partial charge in [-0.25, -0.2) is 8.42 Å². The van der Waals surface area contributed by atoms with Gasteiger partial charge < -0.3 is 10.1 Å². The smallest absolute Gasteiger partial charge is 0.241 e. The molecule has 0 radical (unpaired) electrons. The van der Waals surface area contributed by atoms with E-state index in [-0.39, 0.29) is 24.6 Å². The highest BCUT2D eigenvalue weighted by atomic mass is 32.2. The van der Waals surface area contributed by atoms with Crippen molar-refractivity contribution in [2.75, 3.05) is 17.1 Å². The Bertz CT molecular complexity index is 953. The van der Waals surface area contributed by atoms with Gasteiger partial charge in [-0.1, -0.05) is 23.8 Å². The molecule has 0 bridgehead atoms. The Morgan fingerprint density at radius 3 is 2.21 bits per heavy atom. The zero-order chi connectivity index (χ0) is 21.8. The predicted octanol–water partition coefficient (Wildman–Crippen LogP) is 3.73. The lowest BCUT2D eigenvalue weighted by atomic mass is 10.0. The summed E-state index contributed by atoms with van der Waals surface area (Å²) in [6, 6.07) is 12.5. The van der Waals surface area contributed by atoms with E-state index in [9.17, 15) is 13.2 Å². The fourth-order valence-corrected chi connectivity index (χ4v) is 4.03. The molecule has 7 heteroatoms. The highest BCUT2D eigenvalue weighted by molar-refractivity contribution is 7.92. The molecule has 2 rings (SSSR count). The Labute approximate surface area is 173 Å². The number of hydrogen-bond acceptors (Lipinski definition) is 4. The summed E-state index contributed by atoms with van der Waals surface area (Å²) in [5.74, 6) is 0.274. The molecule has 0 saturated heterocycles. The molecule has 2 aromatic carbocycles. The molecule has 1 amide bonds. The molecule has 0 saturated carbocycles. The highest BCUT2D eigenvalue weighted by Gasteiger charge is 2.22. The van der Waals surface area contributed by atoms with Crippen LogP contribution in [0.15, 0.2) is 42.5 Å². The zero-order valence-electron chi connectivity index (χ0n) is 17.9. The summed E-state index contributed by atoms with van der Waals surface area (Å²) in [7, 11) is -3.63. The second kappa shape index (κ2) is 9.31. The van der Waals surface area contributed by atoms with Crippen molar-refractivity contribution in [2.45, 2.75) is 46.8 Å². The molecule has 158 valence electrons. The predicted molar refractivity (Wildman–Crippen MR) is 117 cm³/mol. The van der Waals surface area contributed by atoms with E-state index >= 15 is 0 Å². The van der Waals surface area contributed by atoms with Crippen molar-refractivity contribution in [3.05, 3.63) is 59.2 Å². The SMILES string of the molecule is Cc1ccc([C@@H](C)NC(=O)CN(c2ccc(OC(C)C)cc2)S(C)(=O)=O)c(C)c1. The van der Waals surface area contributed by atoms with E-state index < -0.39 is 10.0 Å². The van der Waals surface area contributed by atoms with Crippen LogP contribution in [0.2, 0.25) is 0 Å². The summed E-state index contributed by atoms with van der Waals surface area (Å²) in [6.45, 7) is 9.43. The van der Waals surface area contributed by atoms with E-state index in [4.69, 9.17) is 4.74 Å². The Hall–Kier alpha value is -2.54. The van der Waals surface area contributed by atoms with Crippen LogP contribution in [0.3, 0.4) is 0 Å². The number of carbonyl (C=O) groups excluding carboxylic acids is 1. The second-order valence-electron chi connectivity index (χ2n) is 7.58. The number of nitrogens with one attached hydrogen (secondary N) is 1. The first-order chi connectivity index (χ1) is 13.5. The number of amides is 1. The maximum absolute atomic E-state index is 12.6. The van der Waals surface area contributed by atoms with Gasteiger partial charge in [-0.15, -0.1) is 0 Å². The highest BCUT2D eigenvalue weighted by Crippen LogP contribution is 2.23. The molecule has 0 aromatic heterocycles. The van der Waals surface area contributed by atoms with E-state index in [1.165, 1.54) is 0 Å². The first-order valence-corrected chi connectivity index (χ1v) is 11.4. The summed E-state index contributed by atoms with van der Waals surface area (Å²) in [5.41, 5.74) is 3.65. The summed E-state index contributed by atoms with van der Waals surface area (Å²) < 4.78 is 31.3. The number of aryl methyl sites for hydroxylation is 2. The molecule has 0 heterocycles. The van der Waals surface area contributed by atoms with Crippen molar-refractivity contribution in [2.24, 2.45) is 0 Å². The normalized spacial score (nSPS) is 12.5. The zero-order valence-corrected chi connectivity index (χ0v) is 18.7. The number of sulfonamides is 1. The average Bonchev–Trinajstić information content (AvgIpc) is 2.59. The minimum atomic E-state index is -3.63. The lowest BCUT2D eigenvalue weighted by Gasteiger charge is -2.24. The van der Waals surface area contributed by atoms with E-state index in [0.717, 1.165) is 27.3 Å². The van der Waals surface area contributed by atoms with Gasteiger partial charge >= 0.3 is 0 Å². The number of anilines is 1. The van der Waals surface area contributed by atoms with Crippen molar-refractivity contribution in [1.82, 2.24) is 5.32 Å². The number of rotatable bonds is 8. The lowest BCUT2D eigenvalue weighted by molar-refractivity contribution is -0.120. The molecule has 1 atom stereocenters. The number of nitrogens with zero attached hydrogens (tertiary/aromatic N) is 1. The quantitative estimate of drug-likeness (QED) is 0.709. The molecule has 0 fully saturated rings. The van der Waals surface area contributed by atoms with E-state index in [2.05, 4.69) is 11.4 Å². The lowest BCUT2D eigenvalue weighted by Crippen LogP contribution is -2.41. The third kappa shape index (κ3) is 6.49. The summed E-state index contributed by atoms with van der Waals surface area (Å²) in [5, 5.41) is 2.90. The molecule has 1 N–H and O–H groups in total. The van der Waals surface area contributed by atoms with Crippen LogP contribution in [-0.2, 0) is 14.8 Å². The molecular weight excluding hydrogens is 388 g/mol. The first kappa shape index (κ1) is 22.7. The fraction of sp³-hybridized carbons (Fsp3) is 0.409. The Morgan fingerprint density at radius 1 is 1.07 bits per heavy atom. The van der Waals surface area contributed by atoms with Gasteiger partial charge in [0.25, 0.3) is 0 Å². The summed E-state index contributed by atoms with van der Waals surface area (Å²) in [6.07, 6.45) is 1.11. The molecule has 2 aromatic rings. The van der Waals surface area contributed by atoms with Crippen LogP contribution in [0.25, 0.3) is 0 Å². The van der Waals surface area contributed by atoms with Crippen molar-refractivity contribution >= 4 is 21.6 Å². The summed E-state index contributed by atoms with van der Waals surface area (Å²) >= 11 is 0. The third-order valence-corrected chi connectivity index (χ3v) is 5.59. The molecule has 0 aliphatic heterocycles. The maximum Gasteiger partial charge on any atom is 0.241 e. The third-order valence-electron chi connectivity index (χ3n) is 4.45. The minimum absolute atomic E-state index is 0.0179. The van der Waals surface area contributed by atoms with Crippen LogP contribution in [0.1, 0.15) is 43.5 Å². The topological polar surface area (TPSA) is 75.7 Å².